The standard InChI is InChI=1S/C20H30N2O3.C2HF3O2/c1-4-21(3)13-16-12-20(14-25-16)7-9-22(10-8-20)19(24)17-11-15(2)5-6-18(17)23;3-2(4,5)1(6)7/h5-6,11,16,23H,4,7-10,12-14H2,1-3H3;(H,6,7). The number of carbonyl (C=O) groups excluding carboxylic acids is 1. The summed E-state index contributed by atoms with van der Waals surface area (Å²) in [4.78, 5) is 25.8. The molecule has 2 fully saturated rings. The summed E-state index contributed by atoms with van der Waals surface area (Å²) in [6.45, 7) is 8.41. The number of likely N-dealkylation sites (N-methyl/N-ethyl adjacent to an activating group) is 1. The van der Waals surface area contributed by atoms with Crippen LogP contribution in [0, 0.1) is 12.3 Å². The zero-order chi connectivity index (χ0) is 24.1. The van der Waals surface area contributed by atoms with E-state index in [-0.39, 0.29) is 17.1 Å². The molecule has 7 nitrogen and oxygen atoms in total. The highest BCUT2D eigenvalue weighted by Crippen LogP contribution is 2.42. The van der Waals surface area contributed by atoms with E-state index in [0.717, 1.165) is 57.6 Å². The molecular formula is C22H31F3N2O5. The number of carboxylic acid groups (broad SMARTS) is 1. The summed E-state index contributed by atoms with van der Waals surface area (Å²) in [6.07, 6.45) is -1.71. The van der Waals surface area contributed by atoms with Gasteiger partial charge in [-0.2, -0.15) is 13.2 Å². The van der Waals surface area contributed by atoms with Gasteiger partial charge in [0.05, 0.1) is 18.3 Å². The van der Waals surface area contributed by atoms with Crippen molar-refractivity contribution in [1.82, 2.24) is 9.80 Å². The lowest BCUT2D eigenvalue weighted by molar-refractivity contribution is -0.192. The Kier molecular flexibility index (Phi) is 8.53. The monoisotopic (exact) mass is 460 g/mol. The van der Waals surface area contributed by atoms with Gasteiger partial charge in [0.15, 0.2) is 0 Å². The van der Waals surface area contributed by atoms with Gasteiger partial charge in [-0.1, -0.05) is 18.6 Å². The molecule has 2 aliphatic rings. The molecule has 2 saturated heterocycles. The van der Waals surface area contributed by atoms with Crippen molar-refractivity contribution in [2.75, 3.05) is 39.8 Å². The smallest absolute Gasteiger partial charge is 0.490 e. The molecule has 2 N–H and O–H groups in total. The number of carbonyl (C=O) groups is 2. The van der Waals surface area contributed by atoms with E-state index in [0.29, 0.717) is 11.7 Å². The van der Waals surface area contributed by atoms with Crippen molar-refractivity contribution in [3.05, 3.63) is 29.3 Å². The van der Waals surface area contributed by atoms with Crippen molar-refractivity contribution in [3.8, 4) is 5.75 Å². The van der Waals surface area contributed by atoms with E-state index in [1.165, 1.54) is 0 Å². The number of hydrogen-bond donors (Lipinski definition) is 2. The molecule has 2 aliphatic heterocycles. The van der Waals surface area contributed by atoms with Crippen LogP contribution in [0.1, 0.15) is 42.1 Å². The number of phenols is 1. The van der Waals surface area contributed by atoms with E-state index < -0.39 is 12.1 Å². The average molecular weight is 460 g/mol. The summed E-state index contributed by atoms with van der Waals surface area (Å²) in [5, 5.41) is 17.1. The van der Waals surface area contributed by atoms with Crippen LogP contribution in [0.5, 0.6) is 5.75 Å². The second-order valence-electron chi connectivity index (χ2n) is 8.61. The Labute approximate surface area is 185 Å². The number of ether oxygens (including phenoxy) is 1. The first-order valence-corrected chi connectivity index (χ1v) is 10.6. The number of carboxylic acids is 1. The van der Waals surface area contributed by atoms with Gasteiger partial charge in [0.2, 0.25) is 0 Å². The maximum absolute atomic E-state index is 12.8. The summed E-state index contributed by atoms with van der Waals surface area (Å²) in [5.74, 6) is -2.74. The van der Waals surface area contributed by atoms with E-state index in [9.17, 15) is 23.1 Å². The Hall–Kier alpha value is -2.33. The SMILES string of the molecule is CCN(C)CC1CC2(CCN(C(=O)c3cc(C)ccc3O)CC2)CO1.O=C(O)C(F)(F)F. The minimum Gasteiger partial charge on any atom is -0.507 e. The summed E-state index contributed by atoms with van der Waals surface area (Å²) in [6, 6.07) is 5.20. The number of likely N-dealkylation sites (tertiary alicyclic amines) is 1. The molecule has 1 amide bonds. The van der Waals surface area contributed by atoms with Gasteiger partial charge < -0.3 is 24.7 Å². The van der Waals surface area contributed by atoms with Crippen LogP contribution in [0.4, 0.5) is 13.2 Å². The van der Waals surface area contributed by atoms with Crippen LogP contribution in [-0.2, 0) is 9.53 Å². The fourth-order valence-corrected chi connectivity index (χ4v) is 4.01. The molecule has 0 bridgehead atoms. The third-order valence-corrected chi connectivity index (χ3v) is 6.08. The topological polar surface area (TPSA) is 90.3 Å². The number of benzene rings is 1. The normalized spacial score (nSPS) is 20.2. The number of aromatic hydroxyl groups is 1. The third-order valence-electron chi connectivity index (χ3n) is 6.08. The van der Waals surface area contributed by atoms with Gasteiger partial charge in [0.1, 0.15) is 5.75 Å². The lowest BCUT2D eigenvalue weighted by Gasteiger charge is -2.38. The Balaban J connectivity index is 0.000000451. The number of phenolic OH excluding ortho intramolecular Hbond substituents is 1. The first-order valence-electron chi connectivity index (χ1n) is 10.6. The fraction of sp³-hybridized carbons (Fsp3) is 0.636. The lowest BCUT2D eigenvalue weighted by Crippen LogP contribution is -2.43. The predicted octanol–water partition coefficient (Wildman–Crippen LogP) is 3.30. The highest BCUT2D eigenvalue weighted by atomic mass is 19.4. The zero-order valence-corrected chi connectivity index (χ0v) is 18.6. The minimum atomic E-state index is -5.08. The first kappa shape index (κ1) is 25.9. The number of piperidine rings is 1. The van der Waals surface area contributed by atoms with E-state index in [1.807, 2.05) is 17.9 Å². The Morgan fingerprint density at radius 2 is 1.88 bits per heavy atom. The van der Waals surface area contributed by atoms with Gasteiger partial charge in [-0.3, -0.25) is 4.79 Å². The maximum Gasteiger partial charge on any atom is 0.490 e. The summed E-state index contributed by atoms with van der Waals surface area (Å²) in [5.41, 5.74) is 1.63. The van der Waals surface area contributed by atoms with E-state index in [4.69, 9.17) is 14.6 Å². The summed E-state index contributed by atoms with van der Waals surface area (Å²) < 4.78 is 37.8. The fourth-order valence-electron chi connectivity index (χ4n) is 4.01. The molecule has 0 saturated carbocycles. The van der Waals surface area contributed by atoms with Gasteiger partial charge in [-0.15, -0.1) is 0 Å². The number of aliphatic carboxylic acids is 1. The van der Waals surface area contributed by atoms with Gasteiger partial charge in [0, 0.05) is 19.6 Å². The molecule has 180 valence electrons. The highest BCUT2D eigenvalue weighted by Gasteiger charge is 2.43. The number of alkyl halides is 3. The first-order chi connectivity index (χ1) is 14.9. The van der Waals surface area contributed by atoms with Crippen LogP contribution in [0.25, 0.3) is 0 Å². The van der Waals surface area contributed by atoms with Crippen LogP contribution in [-0.4, -0.2) is 84.0 Å². The van der Waals surface area contributed by atoms with E-state index >= 15 is 0 Å². The minimum absolute atomic E-state index is 0.0581. The van der Waals surface area contributed by atoms with Crippen LogP contribution in [0.2, 0.25) is 0 Å². The molecule has 2 heterocycles. The Bertz CT molecular complexity index is 807. The average Bonchev–Trinajstić information content (AvgIpc) is 3.11. The molecule has 10 heteroatoms. The second kappa shape index (κ2) is 10.5. The third kappa shape index (κ3) is 6.83. The number of nitrogens with zero attached hydrogens (tertiary/aromatic N) is 2. The van der Waals surface area contributed by atoms with E-state index in [1.54, 1.807) is 12.1 Å². The Morgan fingerprint density at radius 3 is 2.41 bits per heavy atom. The molecular weight excluding hydrogens is 429 g/mol. The van der Waals surface area contributed by atoms with Crippen molar-refractivity contribution in [2.45, 2.75) is 45.4 Å². The van der Waals surface area contributed by atoms with E-state index in [2.05, 4.69) is 18.9 Å². The van der Waals surface area contributed by atoms with Crippen molar-refractivity contribution >= 4 is 11.9 Å². The maximum atomic E-state index is 12.8. The van der Waals surface area contributed by atoms with Gasteiger partial charge in [-0.25, -0.2) is 4.79 Å². The van der Waals surface area contributed by atoms with Crippen LogP contribution in [0.15, 0.2) is 18.2 Å². The zero-order valence-electron chi connectivity index (χ0n) is 18.6. The van der Waals surface area contributed by atoms with Gasteiger partial charge >= 0.3 is 12.1 Å². The molecule has 1 unspecified atom stereocenters. The number of halogens is 3. The highest BCUT2D eigenvalue weighted by molar-refractivity contribution is 5.97. The molecule has 0 aliphatic carbocycles. The van der Waals surface area contributed by atoms with Gasteiger partial charge in [-0.05, 0) is 57.3 Å². The van der Waals surface area contributed by atoms with Crippen LogP contribution >= 0.6 is 0 Å². The summed E-state index contributed by atoms with van der Waals surface area (Å²) in [7, 11) is 2.13. The van der Waals surface area contributed by atoms with Crippen LogP contribution in [0.3, 0.4) is 0 Å². The van der Waals surface area contributed by atoms with Gasteiger partial charge in [0.25, 0.3) is 5.91 Å². The Morgan fingerprint density at radius 1 is 1.28 bits per heavy atom. The number of aryl methyl sites for hydroxylation is 1. The molecule has 0 radical (unpaired) electrons. The number of hydrogen-bond acceptors (Lipinski definition) is 5. The lowest BCUT2D eigenvalue weighted by atomic mass is 9.76. The largest absolute Gasteiger partial charge is 0.507 e. The van der Waals surface area contributed by atoms with Crippen molar-refractivity contribution in [2.24, 2.45) is 5.41 Å². The van der Waals surface area contributed by atoms with Crippen molar-refractivity contribution < 1.29 is 37.7 Å². The molecule has 1 spiro atoms. The molecule has 32 heavy (non-hydrogen) atoms. The number of amides is 1. The quantitative estimate of drug-likeness (QED) is 0.717. The molecule has 0 aromatic heterocycles. The van der Waals surface area contributed by atoms with Crippen LogP contribution < -0.4 is 0 Å². The molecule has 1 aromatic rings. The number of rotatable bonds is 4. The predicted molar refractivity (Wildman–Crippen MR) is 112 cm³/mol. The van der Waals surface area contributed by atoms with Crippen molar-refractivity contribution in [1.29, 1.82) is 0 Å². The molecule has 3 rings (SSSR count). The van der Waals surface area contributed by atoms with Crippen molar-refractivity contribution in [3.63, 3.8) is 0 Å². The second-order valence-corrected chi connectivity index (χ2v) is 8.61. The summed E-state index contributed by atoms with van der Waals surface area (Å²) >= 11 is 0. The molecule has 1 atom stereocenters. The molecule has 1 aromatic carbocycles.